The van der Waals surface area contributed by atoms with Crippen LogP contribution < -0.4 is 0 Å². The average Bonchev–Trinajstić information content (AvgIpc) is 3.03. The highest BCUT2D eigenvalue weighted by Gasteiger charge is 2.32. The minimum absolute atomic E-state index is 0.166. The Morgan fingerprint density at radius 2 is 2.20 bits per heavy atom. The van der Waals surface area contributed by atoms with E-state index >= 15 is 0 Å². The van der Waals surface area contributed by atoms with Crippen molar-refractivity contribution in [1.29, 1.82) is 0 Å². The van der Waals surface area contributed by atoms with E-state index in [0.717, 1.165) is 25.1 Å². The van der Waals surface area contributed by atoms with E-state index < -0.39 is 10.0 Å². The van der Waals surface area contributed by atoms with E-state index in [2.05, 4.69) is 24.0 Å². The lowest BCUT2D eigenvalue weighted by atomic mass is 10.2. The number of sulfonamides is 1. The lowest BCUT2D eigenvalue weighted by Crippen LogP contribution is -2.31. The van der Waals surface area contributed by atoms with Crippen LogP contribution in [0.3, 0.4) is 0 Å². The lowest BCUT2D eigenvalue weighted by Gasteiger charge is -2.18. The fraction of sp³-hybridized carbons (Fsp3) is 0.846. The predicted octanol–water partition coefficient (Wildman–Crippen LogP) is 1.78. The molecule has 0 amide bonds. The number of rotatable bonds is 6. The second-order valence-corrected chi connectivity index (χ2v) is 7.81. The summed E-state index contributed by atoms with van der Waals surface area (Å²) < 4.78 is 28.1. The summed E-state index contributed by atoms with van der Waals surface area (Å²) in [5.41, 5.74) is 0. The van der Waals surface area contributed by atoms with Crippen LogP contribution in [0.1, 0.15) is 57.8 Å². The number of aromatic nitrogens is 3. The number of hydrogen-bond acceptors (Lipinski definition) is 4. The van der Waals surface area contributed by atoms with E-state index in [1.807, 2.05) is 11.5 Å². The number of hydrogen-bond donors (Lipinski definition) is 0. The normalized spacial score (nSPS) is 20.9. The van der Waals surface area contributed by atoms with Crippen LogP contribution in [0.4, 0.5) is 0 Å². The third kappa shape index (κ3) is 3.20. The molecule has 1 aromatic heterocycles. The van der Waals surface area contributed by atoms with Gasteiger partial charge in [0.1, 0.15) is 12.2 Å². The van der Waals surface area contributed by atoms with Crippen LogP contribution >= 0.6 is 0 Å². The molecule has 0 saturated carbocycles. The van der Waals surface area contributed by atoms with Crippen molar-refractivity contribution in [1.82, 2.24) is 19.1 Å². The minimum Gasteiger partial charge on any atom is -0.313 e. The highest BCUT2D eigenvalue weighted by Crippen LogP contribution is 2.27. The smallest absolute Gasteiger partial charge is 0.214 e. The zero-order valence-electron chi connectivity index (χ0n) is 12.5. The van der Waals surface area contributed by atoms with E-state index in [0.29, 0.717) is 19.0 Å². The Balaban J connectivity index is 2.07. The molecule has 114 valence electrons. The molecular weight excluding hydrogens is 276 g/mol. The molecule has 1 aliphatic heterocycles. The largest absolute Gasteiger partial charge is 0.313 e. The van der Waals surface area contributed by atoms with Crippen LogP contribution in [-0.4, -0.2) is 46.3 Å². The molecule has 20 heavy (non-hydrogen) atoms. The van der Waals surface area contributed by atoms with E-state index in [1.54, 1.807) is 10.6 Å². The summed E-state index contributed by atoms with van der Waals surface area (Å²) in [5, 5.41) is 8.11. The first-order chi connectivity index (χ1) is 9.45. The van der Waals surface area contributed by atoms with Crippen LogP contribution in [0.25, 0.3) is 0 Å². The van der Waals surface area contributed by atoms with Crippen LogP contribution in [0.15, 0.2) is 6.33 Å². The van der Waals surface area contributed by atoms with Crippen molar-refractivity contribution in [3.05, 3.63) is 12.2 Å². The molecule has 2 heterocycles. The Kier molecular flexibility index (Phi) is 4.80. The van der Waals surface area contributed by atoms with Gasteiger partial charge in [-0.25, -0.2) is 8.42 Å². The van der Waals surface area contributed by atoms with Gasteiger partial charge in [0.2, 0.25) is 10.0 Å². The molecule has 0 N–H and O–H groups in total. The summed E-state index contributed by atoms with van der Waals surface area (Å²) in [5.74, 6) is 1.49. The van der Waals surface area contributed by atoms with Crippen LogP contribution in [0.5, 0.6) is 0 Å². The molecule has 0 aromatic carbocycles. The lowest BCUT2D eigenvalue weighted by molar-refractivity contribution is 0.442. The molecule has 0 bridgehead atoms. The van der Waals surface area contributed by atoms with Gasteiger partial charge in [0.25, 0.3) is 0 Å². The molecule has 6 nitrogen and oxygen atoms in total. The molecular formula is C13H24N4O2S. The maximum absolute atomic E-state index is 12.2. The Labute approximate surface area is 121 Å². The molecule has 1 fully saturated rings. The monoisotopic (exact) mass is 300 g/mol. The summed E-state index contributed by atoms with van der Waals surface area (Å²) in [7, 11) is -3.10. The average molecular weight is 300 g/mol. The second-order valence-electron chi connectivity index (χ2n) is 5.72. The molecule has 0 spiro atoms. The zero-order valence-corrected chi connectivity index (χ0v) is 13.3. The fourth-order valence-corrected chi connectivity index (χ4v) is 4.29. The summed E-state index contributed by atoms with van der Waals surface area (Å²) in [6.07, 6.45) is 4.19. The van der Waals surface area contributed by atoms with Gasteiger partial charge in [-0.2, -0.15) is 4.31 Å². The van der Waals surface area contributed by atoms with Crippen LogP contribution in [0, 0.1) is 0 Å². The molecule has 2 rings (SSSR count). The van der Waals surface area contributed by atoms with Gasteiger partial charge in [-0.15, -0.1) is 10.2 Å². The Morgan fingerprint density at radius 3 is 2.85 bits per heavy atom. The van der Waals surface area contributed by atoms with Gasteiger partial charge in [0, 0.05) is 19.0 Å². The van der Waals surface area contributed by atoms with Crippen molar-refractivity contribution < 1.29 is 8.42 Å². The molecule has 1 aromatic rings. The van der Waals surface area contributed by atoms with Gasteiger partial charge in [0.05, 0.1) is 11.8 Å². The standard InChI is InChI=1S/C13H24N4O2S/c1-4-5-8-20(18,19)16-7-6-12(9-16)17-10-14-15-13(17)11(2)3/h10-12H,4-9H2,1-3H3. The molecule has 1 atom stereocenters. The van der Waals surface area contributed by atoms with Crippen molar-refractivity contribution in [3.63, 3.8) is 0 Å². The Morgan fingerprint density at radius 1 is 1.45 bits per heavy atom. The van der Waals surface area contributed by atoms with Gasteiger partial charge >= 0.3 is 0 Å². The molecule has 1 saturated heterocycles. The fourth-order valence-electron chi connectivity index (χ4n) is 2.59. The SMILES string of the molecule is CCCCS(=O)(=O)N1CCC(n2cnnc2C(C)C)C1. The first-order valence-corrected chi connectivity index (χ1v) is 8.93. The maximum Gasteiger partial charge on any atom is 0.214 e. The van der Waals surface area contributed by atoms with E-state index in [1.165, 1.54) is 0 Å². The first-order valence-electron chi connectivity index (χ1n) is 7.33. The van der Waals surface area contributed by atoms with Gasteiger partial charge in [-0.3, -0.25) is 0 Å². The zero-order chi connectivity index (χ0) is 14.8. The highest BCUT2D eigenvalue weighted by molar-refractivity contribution is 7.89. The summed E-state index contributed by atoms with van der Waals surface area (Å²) >= 11 is 0. The minimum atomic E-state index is -3.10. The van der Waals surface area contributed by atoms with Crippen molar-refractivity contribution in [2.75, 3.05) is 18.8 Å². The molecule has 0 radical (unpaired) electrons. The summed E-state index contributed by atoms with van der Waals surface area (Å²) in [4.78, 5) is 0. The Hall–Kier alpha value is -0.950. The van der Waals surface area contributed by atoms with Gasteiger partial charge in [0.15, 0.2) is 0 Å². The van der Waals surface area contributed by atoms with Crippen molar-refractivity contribution >= 4 is 10.0 Å². The molecule has 7 heteroatoms. The predicted molar refractivity (Wildman–Crippen MR) is 78.0 cm³/mol. The molecule has 1 unspecified atom stereocenters. The van der Waals surface area contributed by atoms with Gasteiger partial charge in [-0.05, 0) is 12.8 Å². The quantitative estimate of drug-likeness (QED) is 0.803. The van der Waals surface area contributed by atoms with Crippen LogP contribution in [0.2, 0.25) is 0 Å². The number of nitrogens with zero attached hydrogens (tertiary/aromatic N) is 4. The van der Waals surface area contributed by atoms with Crippen molar-refractivity contribution in [2.24, 2.45) is 0 Å². The third-order valence-corrected chi connectivity index (χ3v) is 5.71. The Bertz CT molecular complexity index is 538. The van der Waals surface area contributed by atoms with E-state index in [9.17, 15) is 8.42 Å². The van der Waals surface area contributed by atoms with Gasteiger partial charge < -0.3 is 4.57 Å². The van der Waals surface area contributed by atoms with Crippen LogP contribution in [-0.2, 0) is 10.0 Å². The van der Waals surface area contributed by atoms with Crippen molar-refractivity contribution in [2.45, 2.75) is 52.0 Å². The topological polar surface area (TPSA) is 68.1 Å². The molecule has 1 aliphatic rings. The van der Waals surface area contributed by atoms with Crippen molar-refractivity contribution in [3.8, 4) is 0 Å². The van der Waals surface area contributed by atoms with E-state index in [-0.39, 0.29) is 11.8 Å². The third-order valence-electron chi connectivity index (χ3n) is 3.79. The molecule has 0 aliphatic carbocycles. The highest BCUT2D eigenvalue weighted by atomic mass is 32.2. The summed E-state index contributed by atoms with van der Waals surface area (Å²) in [6, 6.07) is 0.166. The van der Waals surface area contributed by atoms with Gasteiger partial charge in [-0.1, -0.05) is 27.2 Å². The maximum atomic E-state index is 12.2. The number of unbranched alkanes of at least 4 members (excludes halogenated alkanes) is 1. The van der Waals surface area contributed by atoms with E-state index in [4.69, 9.17) is 0 Å². The summed E-state index contributed by atoms with van der Waals surface area (Å²) in [6.45, 7) is 7.31. The second kappa shape index (κ2) is 6.22. The first kappa shape index (κ1) is 15.4.